The average Bonchev–Trinajstić information content (AvgIpc) is 3.76. The minimum absolute atomic E-state index is 0.835. The topological polar surface area (TPSA) is 39.4 Å². The van der Waals surface area contributed by atoms with E-state index in [0.717, 1.165) is 82.5 Å². The maximum atomic E-state index is 6.82. The van der Waals surface area contributed by atoms with Gasteiger partial charge in [-0.3, -0.25) is 0 Å². The number of furan rings is 3. The molecule has 0 radical (unpaired) electrons. The van der Waals surface area contributed by atoms with Crippen molar-refractivity contribution in [1.82, 2.24) is 0 Å². The number of hydrogen-bond donors (Lipinski definition) is 0. The van der Waals surface area contributed by atoms with Crippen LogP contribution in [-0.2, 0) is 0 Å². The van der Waals surface area contributed by atoms with E-state index in [0.29, 0.717) is 0 Å². The Balaban J connectivity index is 1.30. The fraction of sp³-hybridized carbons (Fsp3) is 0. The molecule has 3 aromatic heterocycles. The van der Waals surface area contributed by atoms with E-state index in [4.69, 9.17) is 13.3 Å². The quantitative estimate of drug-likeness (QED) is 0.201. The second-order valence-corrected chi connectivity index (χ2v) is 11.2. The van der Waals surface area contributed by atoms with Gasteiger partial charge < -0.3 is 13.3 Å². The Bertz CT molecular complexity index is 2680. The molecule has 3 heterocycles. The molecule has 0 spiro atoms. The third-order valence-corrected chi connectivity index (χ3v) is 8.87. The molecule has 0 unspecified atom stereocenters. The second kappa shape index (κ2) is 8.37. The Morgan fingerprint density at radius 3 is 1.60 bits per heavy atom. The summed E-state index contributed by atoms with van der Waals surface area (Å²) in [5.41, 5.74) is 7.83. The lowest BCUT2D eigenvalue weighted by molar-refractivity contribution is 0.635. The van der Waals surface area contributed by atoms with Gasteiger partial charge in [0.15, 0.2) is 0 Å². The van der Waals surface area contributed by atoms with E-state index in [9.17, 15) is 0 Å². The van der Waals surface area contributed by atoms with Crippen molar-refractivity contribution < 1.29 is 13.3 Å². The Kier molecular flexibility index (Phi) is 4.45. The zero-order chi connectivity index (χ0) is 28.1. The molecule has 0 fully saturated rings. The van der Waals surface area contributed by atoms with Gasteiger partial charge in [0.25, 0.3) is 0 Å². The Labute approximate surface area is 245 Å². The first-order valence-corrected chi connectivity index (χ1v) is 14.5. The molecule has 200 valence electrons. The van der Waals surface area contributed by atoms with Gasteiger partial charge in [-0.1, -0.05) is 91.0 Å². The number of para-hydroxylation sites is 2. The van der Waals surface area contributed by atoms with Crippen LogP contribution in [0.3, 0.4) is 0 Å². The molecule has 0 bridgehead atoms. The van der Waals surface area contributed by atoms with Crippen molar-refractivity contribution in [2.24, 2.45) is 0 Å². The molecular formula is C40H22O3. The van der Waals surface area contributed by atoms with Crippen LogP contribution in [0.2, 0.25) is 0 Å². The SMILES string of the molecule is c1ccc2c(c1)oc1ccc(-c3c4ccccc4c(-c4cc5ccc6oc7ccccc7c6c5o4)c4ccccc34)cc12. The van der Waals surface area contributed by atoms with Crippen LogP contribution < -0.4 is 0 Å². The van der Waals surface area contributed by atoms with Crippen LogP contribution >= 0.6 is 0 Å². The first kappa shape index (κ1) is 22.8. The summed E-state index contributed by atoms with van der Waals surface area (Å²) >= 11 is 0. The van der Waals surface area contributed by atoms with Gasteiger partial charge in [0, 0.05) is 27.1 Å². The third kappa shape index (κ3) is 3.14. The number of fused-ring (bicyclic) bond motifs is 10. The van der Waals surface area contributed by atoms with Crippen molar-refractivity contribution in [2.75, 3.05) is 0 Å². The standard InChI is InChI=1S/C40H22O3/c1-3-12-28-26(10-1)37(23-17-19-34-31(21-23)25-9-5-7-15-32(25)41-34)27-11-2-4-13-29(27)38(28)36-22-24-18-20-35-39(40(24)43-36)30-14-6-8-16-33(30)42-35/h1-22H. The van der Waals surface area contributed by atoms with Crippen molar-refractivity contribution in [3.05, 3.63) is 133 Å². The lowest BCUT2D eigenvalue weighted by Gasteiger charge is -2.16. The van der Waals surface area contributed by atoms with E-state index < -0.39 is 0 Å². The van der Waals surface area contributed by atoms with Crippen LogP contribution in [0, 0.1) is 0 Å². The van der Waals surface area contributed by atoms with E-state index in [1.807, 2.05) is 36.4 Å². The first-order chi connectivity index (χ1) is 21.3. The van der Waals surface area contributed by atoms with Crippen molar-refractivity contribution in [3.8, 4) is 22.5 Å². The molecule has 43 heavy (non-hydrogen) atoms. The van der Waals surface area contributed by atoms with Gasteiger partial charge in [0.1, 0.15) is 33.7 Å². The van der Waals surface area contributed by atoms with E-state index in [2.05, 4.69) is 97.1 Å². The molecule has 0 amide bonds. The van der Waals surface area contributed by atoms with Crippen molar-refractivity contribution in [3.63, 3.8) is 0 Å². The highest BCUT2D eigenvalue weighted by atomic mass is 16.3. The largest absolute Gasteiger partial charge is 0.456 e. The summed E-state index contributed by atoms with van der Waals surface area (Å²) in [5, 5.41) is 10.1. The average molecular weight is 551 g/mol. The summed E-state index contributed by atoms with van der Waals surface area (Å²) in [7, 11) is 0. The van der Waals surface area contributed by atoms with Crippen LogP contribution in [0.5, 0.6) is 0 Å². The predicted molar refractivity (Wildman–Crippen MR) is 177 cm³/mol. The number of rotatable bonds is 2. The van der Waals surface area contributed by atoms with Crippen LogP contribution in [0.1, 0.15) is 0 Å². The predicted octanol–water partition coefficient (Wildman–Crippen LogP) is 11.9. The molecule has 10 aromatic rings. The molecule has 0 atom stereocenters. The van der Waals surface area contributed by atoms with E-state index in [1.54, 1.807) is 0 Å². The first-order valence-electron chi connectivity index (χ1n) is 14.5. The molecular weight excluding hydrogens is 528 g/mol. The van der Waals surface area contributed by atoms with Gasteiger partial charge in [-0.25, -0.2) is 0 Å². The van der Waals surface area contributed by atoms with Crippen LogP contribution in [0.25, 0.3) is 98.8 Å². The zero-order valence-corrected chi connectivity index (χ0v) is 22.9. The van der Waals surface area contributed by atoms with Crippen molar-refractivity contribution in [2.45, 2.75) is 0 Å². The highest BCUT2D eigenvalue weighted by Gasteiger charge is 2.21. The van der Waals surface area contributed by atoms with Gasteiger partial charge in [0.2, 0.25) is 0 Å². The summed E-state index contributed by atoms with van der Waals surface area (Å²) in [5.74, 6) is 0.850. The molecule has 0 aliphatic rings. The number of hydrogen-bond acceptors (Lipinski definition) is 3. The van der Waals surface area contributed by atoms with Gasteiger partial charge in [-0.2, -0.15) is 0 Å². The minimum Gasteiger partial charge on any atom is -0.456 e. The summed E-state index contributed by atoms with van der Waals surface area (Å²) in [6.45, 7) is 0. The molecule has 3 nitrogen and oxygen atoms in total. The summed E-state index contributed by atoms with van der Waals surface area (Å²) in [6, 6.07) is 46.6. The smallest absolute Gasteiger partial charge is 0.146 e. The Morgan fingerprint density at radius 2 is 0.884 bits per heavy atom. The molecule has 0 aliphatic heterocycles. The van der Waals surface area contributed by atoms with E-state index in [-0.39, 0.29) is 0 Å². The second-order valence-electron chi connectivity index (χ2n) is 11.2. The highest BCUT2D eigenvalue weighted by molar-refractivity contribution is 6.23. The molecule has 7 aromatic carbocycles. The summed E-state index contributed by atoms with van der Waals surface area (Å²) < 4.78 is 19.1. The van der Waals surface area contributed by atoms with Crippen LogP contribution in [-0.4, -0.2) is 0 Å². The molecule has 0 aliphatic carbocycles. The maximum absolute atomic E-state index is 6.82. The minimum atomic E-state index is 0.835. The summed E-state index contributed by atoms with van der Waals surface area (Å²) in [4.78, 5) is 0. The van der Waals surface area contributed by atoms with Gasteiger partial charge in [-0.15, -0.1) is 0 Å². The molecule has 0 saturated heterocycles. The summed E-state index contributed by atoms with van der Waals surface area (Å²) in [6.07, 6.45) is 0. The molecule has 3 heteroatoms. The maximum Gasteiger partial charge on any atom is 0.146 e. The normalized spacial score (nSPS) is 12.2. The van der Waals surface area contributed by atoms with Gasteiger partial charge in [-0.05, 0) is 75.1 Å². The Hall–Kier alpha value is -5.80. The van der Waals surface area contributed by atoms with Gasteiger partial charge in [0.05, 0.1) is 5.39 Å². The van der Waals surface area contributed by atoms with Crippen molar-refractivity contribution in [1.29, 1.82) is 0 Å². The van der Waals surface area contributed by atoms with Crippen molar-refractivity contribution >= 4 is 76.4 Å². The monoisotopic (exact) mass is 550 g/mol. The fourth-order valence-corrected chi connectivity index (χ4v) is 7.02. The molecule has 10 rings (SSSR count). The van der Waals surface area contributed by atoms with E-state index in [1.165, 1.54) is 16.3 Å². The molecule has 0 N–H and O–H groups in total. The van der Waals surface area contributed by atoms with Gasteiger partial charge >= 0.3 is 0 Å². The lowest BCUT2D eigenvalue weighted by Crippen LogP contribution is -1.89. The zero-order valence-electron chi connectivity index (χ0n) is 22.9. The molecule has 0 saturated carbocycles. The lowest BCUT2D eigenvalue weighted by atomic mass is 9.87. The fourth-order valence-electron chi connectivity index (χ4n) is 7.02. The highest BCUT2D eigenvalue weighted by Crippen LogP contribution is 2.46. The van der Waals surface area contributed by atoms with Crippen LogP contribution in [0.15, 0.2) is 147 Å². The third-order valence-electron chi connectivity index (χ3n) is 8.87. The van der Waals surface area contributed by atoms with E-state index >= 15 is 0 Å². The van der Waals surface area contributed by atoms with Crippen LogP contribution in [0.4, 0.5) is 0 Å². The Morgan fingerprint density at radius 1 is 0.349 bits per heavy atom. The number of benzene rings is 7.